The third-order valence-electron chi connectivity index (χ3n) is 2.43. The molecule has 1 saturated heterocycles. The van der Waals surface area contributed by atoms with Crippen LogP contribution in [-0.2, 0) is 11.2 Å². The van der Waals surface area contributed by atoms with Crippen molar-refractivity contribution in [2.45, 2.75) is 20.3 Å². The molecule has 16 heavy (non-hydrogen) atoms. The van der Waals surface area contributed by atoms with Gasteiger partial charge in [0.1, 0.15) is 5.01 Å². The monoisotopic (exact) mass is 240 g/mol. The first-order valence-corrected chi connectivity index (χ1v) is 6.30. The number of nitrogens with zero attached hydrogens (tertiary/aromatic N) is 2. The second-order valence-corrected chi connectivity index (χ2v) is 5.51. The summed E-state index contributed by atoms with van der Waals surface area (Å²) in [4.78, 5) is 11.6. The van der Waals surface area contributed by atoms with E-state index in [-0.39, 0.29) is 11.8 Å². The first-order chi connectivity index (χ1) is 7.65. The molecule has 0 bridgehead atoms. The van der Waals surface area contributed by atoms with Gasteiger partial charge in [-0.1, -0.05) is 25.2 Å². The Kier molecular flexibility index (Phi) is 3.50. The number of carbonyl (C=O) groups excluding carboxylic acids is 1. The van der Waals surface area contributed by atoms with E-state index in [0.717, 1.165) is 24.5 Å². The van der Waals surface area contributed by atoms with Gasteiger partial charge in [0, 0.05) is 19.5 Å². The van der Waals surface area contributed by atoms with E-state index in [9.17, 15) is 4.79 Å². The van der Waals surface area contributed by atoms with Crippen LogP contribution in [0.4, 0.5) is 5.13 Å². The zero-order chi connectivity index (χ0) is 11.5. The Labute approximate surface area is 98.7 Å². The lowest BCUT2D eigenvalue weighted by Crippen LogP contribution is -2.48. The van der Waals surface area contributed by atoms with E-state index in [2.05, 4.69) is 34.7 Å². The van der Waals surface area contributed by atoms with E-state index in [1.54, 1.807) is 0 Å². The van der Waals surface area contributed by atoms with Crippen molar-refractivity contribution in [1.82, 2.24) is 15.5 Å². The second kappa shape index (κ2) is 4.88. The van der Waals surface area contributed by atoms with Crippen LogP contribution in [0.25, 0.3) is 0 Å². The second-order valence-electron chi connectivity index (χ2n) is 4.44. The molecule has 88 valence electrons. The molecule has 1 amide bonds. The van der Waals surface area contributed by atoms with Gasteiger partial charge in [-0.05, 0) is 5.92 Å². The van der Waals surface area contributed by atoms with E-state index in [4.69, 9.17) is 0 Å². The summed E-state index contributed by atoms with van der Waals surface area (Å²) in [6.07, 6.45) is 0.915. The highest BCUT2D eigenvalue weighted by molar-refractivity contribution is 7.15. The fourth-order valence-corrected chi connectivity index (χ4v) is 2.37. The number of aromatic nitrogens is 2. The molecule has 1 fully saturated rings. The molecule has 0 radical (unpaired) electrons. The summed E-state index contributed by atoms with van der Waals surface area (Å²) in [5, 5.41) is 15.5. The predicted molar refractivity (Wildman–Crippen MR) is 63.4 cm³/mol. The maximum absolute atomic E-state index is 11.6. The summed E-state index contributed by atoms with van der Waals surface area (Å²) in [6, 6.07) is 0. The van der Waals surface area contributed by atoms with E-state index in [1.165, 1.54) is 11.3 Å². The molecule has 0 atom stereocenters. The average molecular weight is 240 g/mol. The van der Waals surface area contributed by atoms with Crippen LogP contribution < -0.4 is 10.6 Å². The molecule has 0 aliphatic carbocycles. The van der Waals surface area contributed by atoms with E-state index in [0.29, 0.717) is 11.0 Å². The minimum Gasteiger partial charge on any atom is -0.315 e. The summed E-state index contributed by atoms with van der Waals surface area (Å²) in [5.41, 5.74) is 0. The first-order valence-electron chi connectivity index (χ1n) is 5.49. The van der Waals surface area contributed by atoms with E-state index >= 15 is 0 Å². The number of hydrogen-bond donors (Lipinski definition) is 2. The molecule has 6 heteroatoms. The van der Waals surface area contributed by atoms with Crippen LogP contribution in [0.5, 0.6) is 0 Å². The van der Waals surface area contributed by atoms with Gasteiger partial charge in [0.25, 0.3) is 0 Å². The third-order valence-corrected chi connectivity index (χ3v) is 3.29. The molecule has 0 spiro atoms. The molecular weight excluding hydrogens is 224 g/mol. The lowest BCUT2D eigenvalue weighted by Gasteiger charge is -2.24. The summed E-state index contributed by atoms with van der Waals surface area (Å²) < 4.78 is 0. The largest absolute Gasteiger partial charge is 0.315 e. The van der Waals surface area contributed by atoms with Crippen molar-refractivity contribution in [3.63, 3.8) is 0 Å². The first kappa shape index (κ1) is 11.5. The quantitative estimate of drug-likeness (QED) is 0.820. The number of nitrogens with one attached hydrogen (secondary N) is 2. The van der Waals surface area contributed by atoms with E-state index < -0.39 is 0 Å². The Morgan fingerprint density at radius 3 is 2.88 bits per heavy atom. The van der Waals surface area contributed by atoms with Crippen LogP contribution in [-0.4, -0.2) is 29.2 Å². The number of anilines is 1. The third kappa shape index (κ3) is 2.76. The molecule has 5 nitrogen and oxygen atoms in total. The lowest BCUT2D eigenvalue weighted by molar-refractivity contribution is -0.121. The van der Waals surface area contributed by atoms with Crippen molar-refractivity contribution < 1.29 is 4.79 Å². The lowest BCUT2D eigenvalue weighted by atomic mass is 10.0. The van der Waals surface area contributed by atoms with Crippen LogP contribution in [0.2, 0.25) is 0 Å². The fourth-order valence-electron chi connectivity index (χ4n) is 1.42. The van der Waals surface area contributed by atoms with Crippen LogP contribution in [0.15, 0.2) is 0 Å². The standard InChI is InChI=1S/C10H16N4OS/c1-6(2)3-8-13-14-10(16-8)12-9(15)7-4-11-5-7/h6-7,11H,3-5H2,1-2H3,(H,12,14,15). The van der Waals surface area contributed by atoms with Gasteiger partial charge in [-0.25, -0.2) is 0 Å². The van der Waals surface area contributed by atoms with Crippen molar-refractivity contribution >= 4 is 22.4 Å². The van der Waals surface area contributed by atoms with Gasteiger partial charge in [0.2, 0.25) is 11.0 Å². The summed E-state index contributed by atoms with van der Waals surface area (Å²) in [7, 11) is 0. The smallest absolute Gasteiger partial charge is 0.231 e. The molecule has 2 N–H and O–H groups in total. The van der Waals surface area contributed by atoms with Gasteiger partial charge < -0.3 is 10.6 Å². The van der Waals surface area contributed by atoms with Crippen molar-refractivity contribution in [2.75, 3.05) is 18.4 Å². The summed E-state index contributed by atoms with van der Waals surface area (Å²) >= 11 is 1.47. The van der Waals surface area contributed by atoms with Gasteiger partial charge in [0.05, 0.1) is 5.92 Å². The molecule has 2 heterocycles. The average Bonchev–Trinajstić information content (AvgIpc) is 2.47. The van der Waals surface area contributed by atoms with Crippen LogP contribution >= 0.6 is 11.3 Å². The SMILES string of the molecule is CC(C)Cc1nnc(NC(=O)C2CNC2)s1. The van der Waals surface area contributed by atoms with Gasteiger partial charge in [-0.15, -0.1) is 10.2 Å². The Morgan fingerprint density at radius 1 is 1.56 bits per heavy atom. The Hall–Kier alpha value is -1.01. The van der Waals surface area contributed by atoms with Gasteiger partial charge in [-0.2, -0.15) is 0 Å². The Morgan fingerprint density at radius 2 is 2.31 bits per heavy atom. The number of amides is 1. The van der Waals surface area contributed by atoms with Crippen LogP contribution in [0.3, 0.4) is 0 Å². The zero-order valence-electron chi connectivity index (χ0n) is 9.49. The number of hydrogen-bond acceptors (Lipinski definition) is 5. The highest BCUT2D eigenvalue weighted by Crippen LogP contribution is 2.19. The zero-order valence-corrected chi connectivity index (χ0v) is 10.3. The minimum absolute atomic E-state index is 0.0472. The molecule has 2 rings (SSSR count). The van der Waals surface area contributed by atoms with E-state index in [1.807, 2.05) is 0 Å². The molecule has 0 aromatic carbocycles. The molecule has 1 aliphatic rings. The maximum Gasteiger partial charge on any atom is 0.231 e. The molecule has 1 aromatic heterocycles. The van der Waals surface area contributed by atoms with Crippen molar-refractivity contribution in [3.8, 4) is 0 Å². The van der Waals surface area contributed by atoms with Crippen molar-refractivity contribution in [2.24, 2.45) is 11.8 Å². The van der Waals surface area contributed by atoms with Crippen LogP contribution in [0, 0.1) is 11.8 Å². The van der Waals surface area contributed by atoms with Crippen molar-refractivity contribution in [1.29, 1.82) is 0 Å². The summed E-state index contributed by atoms with van der Waals surface area (Å²) in [6.45, 7) is 5.81. The normalized spacial score (nSPS) is 16.2. The Bertz CT molecular complexity index is 373. The molecule has 0 unspecified atom stereocenters. The topological polar surface area (TPSA) is 66.9 Å². The fraction of sp³-hybridized carbons (Fsp3) is 0.700. The maximum atomic E-state index is 11.6. The van der Waals surface area contributed by atoms with Crippen LogP contribution in [0.1, 0.15) is 18.9 Å². The van der Waals surface area contributed by atoms with Gasteiger partial charge >= 0.3 is 0 Å². The summed E-state index contributed by atoms with van der Waals surface area (Å²) in [5.74, 6) is 0.704. The molecular formula is C10H16N4OS. The number of carbonyl (C=O) groups is 1. The molecule has 1 aromatic rings. The van der Waals surface area contributed by atoms with Crippen molar-refractivity contribution in [3.05, 3.63) is 5.01 Å². The molecule has 1 aliphatic heterocycles. The van der Waals surface area contributed by atoms with Gasteiger partial charge in [-0.3, -0.25) is 4.79 Å². The highest BCUT2D eigenvalue weighted by Gasteiger charge is 2.25. The predicted octanol–water partition coefficient (Wildman–Crippen LogP) is 0.894. The number of rotatable bonds is 4. The molecule has 0 saturated carbocycles. The van der Waals surface area contributed by atoms with Gasteiger partial charge in [0.15, 0.2) is 0 Å². The Balaban J connectivity index is 1.89. The highest BCUT2D eigenvalue weighted by atomic mass is 32.1. The minimum atomic E-state index is 0.0472.